The summed E-state index contributed by atoms with van der Waals surface area (Å²) >= 11 is 1.29. The Balaban J connectivity index is 2.00. The van der Waals surface area contributed by atoms with Crippen molar-refractivity contribution in [2.24, 2.45) is 0 Å². The van der Waals surface area contributed by atoms with Gasteiger partial charge in [0.25, 0.3) is 5.91 Å². The molecule has 3 aromatic rings. The van der Waals surface area contributed by atoms with E-state index in [0.29, 0.717) is 22.6 Å². The number of thiophene rings is 1. The number of hydrogen-bond donors (Lipinski definition) is 1. The van der Waals surface area contributed by atoms with Crippen molar-refractivity contribution in [3.05, 3.63) is 56.8 Å². The van der Waals surface area contributed by atoms with Crippen LogP contribution in [-0.2, 0) is 11.2 Å². The molecule has 152 valence electrons. The summed E-state index contributed by atoms with van der Waals surface area (Å²) in [7, 11) is 1.28. The second-order valence-corrected chi connectivity index (χ2v) is 7.70. The summed E-state index contributed by atoms with van der Waals surface area (Å²) in [5.74, 6) is -0.522. The average molecular weight is 415 g/mol. The molecule has 0 fully saturated rings. The third-order valence-corrected chi connectivity index (χ3v) is 5.29. The van der Waals surface area contributed by atoms with Gasteiger partial charge in [0, 0.05) is 22.4 Å². The zero-order chi connectivity index (χ0) is 21.1. The topological polar surface area (TPSA) is 94.8 Å². The van der Waals surface area contributed by atoms with Gasteiger partial charge in [0.15, 0.2) is 0 Å². The lowest BCUT2D eigenvalue weighted by Crippen LogP contribution is -2.16. The highest BCUT2D eigenvalue weighted by Crippen LogP contribution is 2.30. The van der Waals surface area contributed by atoms with Gasteiger partial charge in [-0.1, -0.05) is 6.92 Å². The Labute approximate surface area is 171 Å². The van der Waals surface area contributed by atoms with E-state index < -0.39 is 17.5 Å². The largest absolute Gasteiger partial charge is 0.491 e. The summed E-state index contributed by atoms with van der Waals surface area (Å²) in [6.45, 7) is 5.72. The molecule has 0 aliphatic rings. The van der Waals surface area contributed by atoms with Gasteiger partial charge in [-0.15, -0.1) is 11.3 Å². The van der Waals surface area contributed by atoms with Crippen LogP contribution in [0.25, 0.3) is 11.0 Å². The third kappa shape index (κ3) is 4.48. The van der Waals surface area contributed by atoms with Crippen LogP contribution < -0.4 is 15.7 Å². The van der Waals surface area contributed by atoms with E-state index in [-0.39, 0.29) is 22.8 Å². The third-order valence-electron chi connectivity index (χ3n) is 4.10. The van der Waals surface area contributed by atoms with Crippen LogP contribution in [0, 0.1) is 0 Å². The number of fused-ring (bicyclic) bond motifs is 1. The van der Waals surface area contributed by atoms with E-state index in [4.69, 9.17) is 13.9 Å². The summed E-state index contributed by atoms with van der Waals surface area (Å²) in [6.07, 6.45) is 0.662. The first-order valence-corrected chi connectivity index (χ1v) is 9.91. The van der Waals surface area contributed by atoms with Crippen LogP contribution in [0.3, 0.4) is 0 Å². The van der Waals surface area contributed by atoms with Gasteiger partial charge in [-0.05, 0) is 38.5 Å². The average Bonchev–Trinajstić information content (AvgIpc) is 3.08. The molecule has 29 heavy (non-hydrogen) atoms. The van der Waals surface area contributed by atoms with Crippen LogP contribution in [0.4, 0.5) is 5.00 Å². The molecule has 0 spiro atoms. The number of methoxy groups -OCH3 is 1. The van der Waals surface area contributed by atoms with Crippen molar-refractivity contribution >= 4 is 39.2 Å². The summed E-state index contributed by atoms with van der Waals surface area (Å²) < 4.78 is 15.6. The van der Waals surface area contributed by atoms with E-state index in [1.54, 1.807) is 24.3 Å². The van der Waals surface area contributed by atoms with E-state index >= 15 is 0 Å². The molecule has 1 aromatic carbocycles. The number of ether oxygens (including phenoxy) is 2. The standard InChI is InChI=1S/C21H21NO6S/c1-5-13-9-16(21(25)26-4)20(29-13)22-19(24)15-10-18(23)28-17-8-12(27-11(2)3)6-7-14(15)17/h6-11H,5H2,1-4H3,(H,22,24). The lowest BCUT2D eigenvalue weighted by atomic mass is 10.1. The molecule has 0 aliphatic carbocycles. The van der Waals surface area contributed by atoms with Crippen LogP contribution in [0.5, 0.6) is 5.75 Å². The molecule has 2 aromatic heterocycles. The quantitative estimate of drug-likeness (QED) is 0.478. The predicted octanol–water partition coefficient (Wildman–Crippen LogP) is 4.24. The predicted molar refractivity (Wildman–Crippen MR) is 111 cm³/mol. The molecule has 2 heterocycles. The van der Waals surface area contributed by atoms with E-state index in [1.807, 2.05) is 20.8 Å². The Kier molecular flexibility index (Phi) is 6.03. The fraction of sp³-hybridized carbons (Fsp3) is 0.286. The maximum Gasteiger partial charge on any atom is 0.340 e. The molecule has 0 saturated heterocycles. The van der Waals surface area contributed by atoms with Gasteiger partial charge in [-0.3, -0.25) is 4.79 Å². The number of aryl methyl sites for hydroxylation is 1. The number of amides is 1. The fourth-order valence-corrected chi connectivity index (χ4v) is 3.80. The maximum atomic E-state index is 12.9. The van der Waals surface area contributed by atoms with Gasteiger partial charge in [0.2, 0.25) is 0 Å². The Morgan fingerprint density at radius 3 is 2.59 bits per heavy atom. The monoisotopic (exact) mass is 415 g/mol. The molecule has 0 bridgehead atoms. The zero-order valence-electron chi connectivity index (χ0n) is 16.5. The molecule has 0 atom stereocenters. The minimum atomic E-state index is -0.655. The minimum Gasteiger partial charge on any atom is -0.491 e. The maximum absolute atomic E-state index is 12.9. The van der Waals surface area contributed by atoms with Crippen molar-refractivity contribution in [3.63, 3.8) is 0 Å². The van der Waals surface area contributed by atoms with Crippen LogP contribution in [0.1, 0.15) is 46.4 Å². The number of hydrogen-bond acceptors (Lipinski definition) is 7. The van der Waals surface area contributed by atoms with Crippen molar-refractivity contribution in [2.45, 2.75) is 33.3 Å². The summed E-state index contributed by atoms with van der Waals surface area (Å²) in [5.41, 5.74) is 0.0181. The number of carbonyl (C=O) groups is 2. The van der Waals surface area contributed by atoms with E-state index in [0.717, 1.165) is 10.9 Å². The number of rotatable bonds is 6. The highest BCUT2D eigenvalue weighted by Gasteiger charge is 2.21. The molecule has 0 aliphatic heterocycles. The second kappa shape index (κ2) is 8.48. The van der Waals surface area contributed by atoms with Gasteiger partial charge >= 0.3 is 11.6 Å². The number of carbonyl (C=O) groups excluding carboxylic acids is 2. The molecule has 8 heteroatoms. The normalized spacial score (nSPS) is 10.9. The van der Waals surface area contributed by atoms with Crippen LogP contribution in [0.2, 0.25) is 0 Å². The molecule has 7 nitrogen and oxygen atoms in total. The van der Waals surface area contributed by atoms with E-state index in [2.05, 4.69) is 5.32 Å². The molecule has 0 radical (unpaired) electrons. The van der Waals surface area contributed by atoms with Crippen molar-refractivity contribution in [1.29, 1.82) is 0 Å². The fourth-order valence-electron chi connectivity index (χ4n) is 2.82. The van der Waals surface area contributed by atoms with Crippen LogP contribution >= 0.6 is 11.3 Å². The molecule has 3 rings (SSSR count). The van der Waals surface area contributed by atoms with Crippen molar-refractivity contribution in [1.82, 2.24) is 0 Å². The Hall–Kier alpha value is -3.13. The van der Waals surface area contributed by atoms with E-state index in [9.17, 15) is 14.4 Å². The SMILES string of the molecule is CCc1cc(C(=O)OC)c(NC(=O)c2cc(=O)oc3cc(OC(C)C)ccc23)s1. The minimum absolute atomic E-state index is 0.0472. The first-order chi connectivity index (χ1) is 13.8. The number of nitrogens with one attached hydrogen (secondary N) is 1. The van der Waals surface area contributed by atoms with Crippen molar-refractivity contribution in [2.75, 3.05) is 12.4 Å². The van der Waals surface area contributed by atoms with Crippen molar-refractivity contribution in [3.8, 4) is 5.75 Å². The molecular formula is C21H21NO6S. The Morgan fingerprint density at radius 1 is 1.17 bits per heavy atom. The first-order valence-electron chi connectivity index (χ1n) is 9.09. The lowest BCUT2D eigenvalue weighted by Gasteiger charge is -2.11. The number of benzene rings is 1. The summed E-state index contributed by atoms with van der Waals surface area (Å²) in [5, 5.41) is 3.57. The zero-order valence-corrected chi connectivity index (χ0v) is 17.3. The molecule has 1 N–H and O–H groups in total. The lowest BCUT2D eigenvalue weighted by molar-refractivity contribution is 0.0602. The Morgan fingerprint density at radius 2 is 1.93 bits per heavy atom. The molecule has 0 unspecified atom stereocenters. The van der Waals surface area contributed by atoms with Gasteiger partial charge in [-0.2, -0.15) is 0 Å². The highest BCUT2D eigenvalue weighted by atomic mass is 32.1. The number of esters is 1. The summed E-state index contributed by atoms with van der Waals surface area (Å²) in [4.78, 5) is 37.9. The van der Waals surface area contributed by atoms with Gasteiger partial charge in [0.1, 0.15) is 16.3 Å². The molecule has 1 amide bonds. The van der Waals surface area contributed by atoms with Gasteiger partial charge in [0.05, 0.1) is 24.3 Å². The smallest absolute Gasteiger partial charge is 0.340 e. The number of anilines is 1. The molecular weight excluding hydrogens is 394 g/mol. The molecule has 0 saturated carbocycles. The van der Waals surface area contributed by atoms with Crippen molar-refractivity contribution < 1.29 is 23.5 Å². The first kappa shape index (κ1) is 20.6. The summed E-state index contributed by atoms with van der Waals surface area (Å²) in [6, 6.07) is 7.77. The second-order valence-electron chi connectivity index (χ2n) is 6.56. The highest BCUT2D eigenvalue weighted by molar-refractivity contribution is 7.16. The van der Waals surface area contributed by atoms with Crippen LogP contribution in [0.15, 0.2) is 39.5 Å². The van der Waals surface area contributed by atoms with E-state index in [1.165, 1.54) is 18.4 Å². The Bertz CT molecular complexity index is 1130. The van der Waals surface area contributed by atoms with Gasteiger partial charge in [-0.25, -0.2) is 9.59 Å². The van der Waals surface area contributed by atoms with Gasteiger partial charge < -0.3 is 19.2 Å². The van der Waals surface area contributed by atoms with Crippen LogP contribution in [-0.4, -0.2) is 25.1 Å².